The van der Waals surface area contributed by atoms with Crippen LogP contribution in [0.3, 0.4) is 0 Å². The fourth-order valence-electron chi connectivity index (χ4n) is 5.53. The second-order valence-electron chi connectivity index (χ2n) is 10.4. The molecule has 0 fully saturated rings. The Bertz CT molecular complexity index is 1710. The number of aromatic nitrogens is 1. The minimum Gasteiger partial charge on any atom is -0.497 e. The molecule has 0 aliphatic carbocycles. The molecule has 0 saturated heterocycles. The molecule has 3 aromatic carbocycles. The van der Waals surface area contributed by atoms with Gasteiger partial charge in [-0.3, -0.25) is 4.79 Å². The SMILES string of the molecule is CC=C([C@@H]1Cc2cccc(c2)CCS(=O)(=O)Cc2[nH]c3ccc(F)cc3c2CC(=O)N1)N(C)c1ccc(OC)cc1. The van der Waals surface area contributed by atoms with E-state index in [2.05, 4.69) is 10.3 Å². The summed E-state index contributed by atoms with van der Waals surface area (Å²) in [5, 5.41) is 3.72. The topological polar surface area (TPSA) is 91.5 Å². The number of ether oxygens (including phenoxy) is 1. The molecule has 7 nitrogen and oxygen atoms in total. The Morgan fingerprint density at radius 2 is 1.83 bits per heavy atom. The number of sulfone groups is 1. The number of aryl methyl sites for hydroxylation is 1. The summed E-state index contributed by atoms with van der Waals surface area (Å²) < 4.78 is 45.8. The van der Waals surface area contributed by atoms with E-state index in [1.807, 2.05) is 73.5 Å². The molecule has 0 saturated carbocycles. The van der Waals surface area contributed by atoms with Gasteiger partial charge in [0, 0.05) is 35.0 Å². The number of aromatic amines is 1. The Morgan fingerprint density at radius 3 is 2.56 bits per heavy atom. The van der Waals surface area contributed by atoms with Gasteiger partial charge in [-0.25, -0.2) is 12.8 Å². The quantitative estimate of drug-likeness (QED) is 0.354. The van der Waals surface area contributed by atoms with Crippen molar-refractivity contribution in [1.29, 1.82) is 0 Å². The van der Waals surface area contributed by atoms with Gasteiger partial charge >= 0.3 is 0 Å². The minimum atomic E-state index is -3.51. The number of amides is 1. The number of hydrogen-bond donors (Lipinski definition) is 2. The molecule has 1 aromatic heterocycles. The average Bonchev–Trinajstić information content (AvgIpc) is 3.27. The number of anilines is 1. The Morgan fingerprint density at radius 1 is 1.07 bits per heavy atom. The van der Waals surface area contributed by atoms with Gasteiger partial charge in [0.25, 0.3) is 0 Å². The van der Waals surface area contributed by atoms with Gasteiger partial charge in [-0.2, -0.15) is 0 Å². The van der Waals surface area contributed by atoms with E-state index in [9.17, 15) is 17.6 Å². The zero-order chi connectivity index (χ0) is 29.1. The Balaban J connectivity index is 1.56. The summed E-state index contributed by atoms with van der Waals surface area (Å²) in [7, 11) is 0.0706. The zero-order valence-corrected chi connectivity index (χ0v) is 24.2. The van der Waals surface area contributed by atoms with E-state index < -0.39 is 15.7 Å². The normalized spacial score (nSPS) is 17.8. The Kier molecular flexibility index (Phi) is 8.17. The molecular formula is C32H34FN3O4S. The maximum atomic E-state index is 14.2. The number of halogens is 1. The Hall–Kier alpha value is -4.11. The van der Waals surface area contributed by atoms with Crippen LogP contribution in [0.1, 0.15) is 29.3 Å². The second kappa shape index (κ2) is 11.8. The van der Waals surface area contributed by atoms with Crippen molar-refractivity contribution in [3.05, 3.63) is 107 Å². The predicted octanol–water partition coefficient (Wildman–Crippen LogP) is 5.10. The molecule has 4 aromatic rings. The number of nitrogens with zero attached hydrogens (tertiary/aromatic N) is 1. The second-order valence-corrected chi connectivity index (χ2v) is 12.6. The first-order chi connectivity index (χ1) is 19.7. The molecule has 1 aliphatic heterocycles. The number of fused-ring (bicyclic) bond motifs is 5. The molecule has 0 radical (unpaired) electrons. The lowest BCUT2D eigenvalue weighted by Crippen LogP contribution is -2.43. The number of rotatable bonds is 4. The van der Waals surface area contributed by atoms with Crippen LogP contribution in [0.5, 0.6) is 5.75 Å². The van der Waals surface area contributed by atoms with Gasteiger partial charge in [-0.05, 0) is 78.9 Å². The van der Waals surface area contributed by atoms with Gasteiger partial charge in [-0.15, -0.1) is 0 Å². The van der Waals surface area contributed by atoms with Gasteiger partial charge < -0.3 is 19.9 Å². The van der Waals surface area contributed by atoms with Crippen LogP contribution in [-0.2, 0) is 39.6 Å². The number of likely N-dealkylation sites (N-methyl/N-ethyl adjacent to an activating group) is 1. The van der Waals surface area contributed by atoms with Crippen LogP contribution in [-0.4, -0.2) is 45.3 Å². The van der Waals surface area contributed by atoms with Gasteiger partial charge in [0.05, 0.1) is 31.1 Å². The summed E-state index contributed by atoms with van der Waals surface area (Å²) in [4.78, 5) is 18.9. The van der Waals surface area contributed by atoms with Gasteiger partial charge in [0.1, 0.15) is 11.6 Å². The minimum absolute atomic E-state index is 0.0322. The van der Waals surface area contributed by atoms with Crippen LogP contribution in [0.4, 0.5) is 10.1 Å². The van der Waals surface area contributed by atoms with Crippen molar-refractivity contribution >= 4 is 32.3 Å². The molecule has 2 N–H and O–H groups in total. The van der Waals surface area contributed by atoms with Crippen molar-refractivity contribution < 1.29 is 22.3 Å². The molecule has 9 heteroatoms. The molecular weight excluding hydrogens is 541 g/mol. The van der Waals surface area contributed by atoms with Crippen LogP contribution in [0.25, 0.3) is 10.9 Å². The lowest BCUT2D eigenvalue weighted by Gasteiger charge is -2.31. The number of nitrogens with one attached hydrogen (secondary N) is 2. The largest absolute Gasteiger partial charge is 0.497 e. The van der Waals surface area contributed by atoms with Crippen molar-refractivity contribution in [1.82, 2.24) is 10.3 Å². The highest BCUT2D eigenvalue weighted by Gasteiger charge is 2.25. The molecule has 1 atom stereocenters. The van der Waals surface area contributed by atoms with Crippen molar-refractivity contribution in [2.75, 3.05) is 24.8 Å². The van der Waals surface area contributed by atoms with Crippen molar-refractivity contribution in [3.8, 4) is 5.75 Å². The number of carbonyl (C=O) groups is 1. The third-order valence-electron chi connectivity index (χ3n) is 7.63. The third-order valence-corrected chi connectivity index (χ3v) is 9.18. The summed E-state index contributed by atoms with van der Waals surface area (Å²) in [5.41, 5.74) is 5.25. The fourth-order valence-corrected chi connectivity index (χ4v) is 6.91. The molecule has 5 rings (SSSR count). The maximum Gasteiger partial charge on any atom is 0.225 e. The average molecular weight is 576 g/mol. The van der Waals surface area contributed by atoms with Gasteiger partial charge in [-0.1, -0.05) is 30.3 Å². The number of H-pyrrole nitrogens is 1. The van der Waals surface area contributed by atoms with E-state index in [0.717, 1.165) is 28.3 Å². The predicted molar refractivity (Wildman–Crippen MR) is 160 cm³/mol. The van der Waals surface area contributed by atoms with Crippen LogP contribution >= 0.6 is 0 Å². The van der Waals surface area contributed by atoms with E-state index in [0.29, 0.717) is 35.0 Å². The lowest BCUT2D eigenvalue weighted by molar-refractivity contribution is -0.120. The summed E-state index contributed by atoms with van der Waals surface area (Å²) in [6.45, 7) is 1.94. The lowest BCUT2D eigenvalue weighted by atomic mass is 9.98. The first kappa shape index (κ1) is 28.4. The number of allylic oxidation sites excluding steroid dienone is 1. The van der Waals surface area contributed by atoms with E-state index in [1.54, 1.807) is 13.2 Å². The first-order valence-electron chi connectivity index (χ1n) is 13.6. The number of hydrogen-bond acceptors (Lipinski definition) is 5. The summed E-state index contributed by atoms with van der Waals surface area (Å²) in [6, 6.07) is 19.4. The standard InChI is InChI=1S/C32H34FN3O4S/c1-4-31(36(2)24-9-11-25(40-3)12-10-24)29-17-22-7-5-6-21(16-22)14-15-41(38,39)20-30-27(19-32(37)35-29)26-18-23(33)8-13-28(26)34-30/h4-13,16,18,29,34H,14-15,17,19-20H2,1-3H3,(H,35,37)/t29-/m0/s1. The van der Waals surface area contributed by atoms with Crippen LogP contribution < -0.4 is 15.0 Å². The van der Waals surface area contributed by atoms with E-state index in [4.69, 9.17) is 4.74 Å². The third kappa shape index (κ3) is 6.46. The van der Waals surface area contributed by atoms with E-state index >= 15 is 0 Å². The van der Waals surface area contributed by atoms with Crippen molar-refractivity contribution in [3.63, 3.8) is 0 Å². The van der Waals surface area contributed by atoms with Crippen molar-refractivity contribution in [2.45, 2.75) is 38.0 Å². The highest BCUT2D eigenvalue weighted by atomic mass is 32.2. The van der Waals surface area contributed by atoms with Crippen LogP contribution in [0.2, 0.25) is 0 Å². The molecule has 2 heterocycles. The highest BCUT2D eigenvalue weighted by molar-refractivity contribution is 7.90. The molecule has 1 amide bonds. The molecule has 1 aliphatic rings. The van der Waals surface area contributed by atoms with Crippen molar-refractivity contribution in [2.24, 2.45) is 0 Å². The van der Waals surface area contributed by atoms with Crippen LogP contribution in [0, 0.1) is 5.82 Å². The summed E-state index contributed by atoms with van der Waals surface area (Å²) >= 11 is 0. The molecule has 41 heavy (non-hydrogen) atoms. The van der Waals surface area contributed by atoms with E-state index in [1.165, 1.54) is 12.1 Å². The first-order valence-corrected chi connectivity index (χ1v) is 15.4. The van der Waals surface area contributed by atoms with E-state index in [-0.39, 0.29) is 29.9 Å². The zero-order valence-electron chi connectivity index (χ0n) is 23.4. The van der Waals surface area contributed by atoms with Crippen LogP contribution in [0.15, 0.2) is 78.5 Å². The number of carbonyl (C=O) groups excluding carboxylic acids is 1. The molecule has 214 valence electrons. The maximum absolute atomic E-state index is 14.2. The summed E-state index contributed by atoms with van der Waals surface area (Å²) in [6.07, 6.45) is 2.77. The van der Waals surface area contributed by atoms with Gasteiger partial charge in [0.2, 0.25) is 5.91 Å². The number of benzene rings is 3. The van der Waals surface area contributed by atoms with Gasteiger partial charge in [0.15, 0.2) is 9.84 Å². The smallest absolute Gasteiger partial charge is 0.225 e. The molecule has 0 spiro atoms. The fraction of sp³-hybridized carbons (Fsp3) is 0.281. The highest BCUT2D eigenvalue weighted by Crippen LogP contribution is 2.28. The summed E-state index contributed by atoms with van der Waals surface area (Å²) in [5.74, 6) is -0.268. The monoisotopic (exact) mass is 575 g/mol. The Labute approximate surface area is 239 Å². The molecule has 2 bridgehead atoms. The number of methoxy groups -OCH3 is 1. The molecule has 0 unspecified atom stereocenters.